The molecule has 0 saturated carbocycles. The number of aryl methyl sites for hydroxylation is 1. The molecule has 2 amide bonds. The van der Waals surface area contributed by atoms with Crippen LogP contribution in [-0.4, -0.2) is 46.2 Å². The number of methoxy groups -OCH3 is 1. The minimum Gasteiger partial charge on any atom is -0.468 e. The normalized spacial score (nSPS) is 10.4. The second-order valence-electron chi connectivity index (χ2n) is 6.69. The van der Waals surface area contributed by atoms with Crippen LogP contribution in [0, 0.1) is 11.7 Å². The van der Waals surface area contributed by atoms with Crippen molar-refractivity contribution in [3.05, 3.63) is 64.4 Å². The van der Waals surface area contributed by atoms with E-state index >= 15 is 0 Å². The SMILES string of the molecule is COC(=O)CNC(=O)c1ccc(NC(=O)Cn2c(-c3ccc(C)cc3)n[nH]c2=S)cc1. The Morgan fingerprint density at radius 3 is 2.42 bits per heavy atom. The molecule has 0 saturated heterocycles. The number of carbonyl (C=O) groups is 3. The summed E-state index contributed by atoms with van der Waals surface area (Å²) in [7, 11) is 1.24. The Bertz CT molecular complexity index is 1150. The van der Waals surface area contributed by atoms with Gasteiger partial charge in [0.15, 0.2) is 10.6 Å². The number of nitrogens with zero attached hydrogens (tertiary/aromatic N) is 2. The van der Waals surface area contributed by atoms with E-state index in [1.807, 2.05) is 31.2 Å². The van der Waals surface area contributed by atoms with Gasteiger partial charge in [-0.25, -0.2) is 0 Å². The highest BCUT2D eigenvalue weighted by atomic mass is 32.1. The molecule has 0 aliphatic rings. The molecule has 0 atom stereocenters. The molecule has 10 heteroatoms. The maximum Gasteiger partial charge on any atom is 0.325 e. The highest BCUT2D eigenvalue weighted by Crippen LogP contribution is 2.18. The zero-order valence-electron chi connectivity index (χ0n) is 17.0. The average molecular weight is 439 g/mol. The molecule has 3 N–H and O–H groups in total. The first-order valence-electron chi connectivity index (χ1n) is 9.34. The van der Waals surface area contributed by atoms with Crippen molar-refractivity contribution in [2.24, 2.45) is 0 Å². The molecule has 0 fully saturated rings. The summed E-state index contributed by atoms with van der Waals surface area (Å²) in [6.07, 6.45) is 0. The number of benzene rings is 2. The van der Waals surface area contributed by atoms with Gasteiger partial charge < -0.3 is 15.4 Å². The van der Waals surface area contributed by atoms with Crippen LogP contribution in [-0.2, 0) is 20.9 Å². The molecule has 0 unspecified atom stereocenters. The summed E-state index contributed by atoms with van der Waals surface area (Å²) in [6, 6.07) is 14.0. The number of H-pyrrole nitrogens is 1. The number of anilines is 1. The fourth-order valence-corrected chi connectivity index (χ4v) is 2.96. The predicted octanol–water partition coefficient (Wildman–Crippen LogP) is 2.46. The quantitative estimate of drug-likeness (QED) is 0.384. The molecule has 9 nitrogen and oxygen atoms in total. The molecule has 3 rings (SSSR count). The van der Waals surface area contributed by atoms with Crippen LogP contribution in [0.1, 0.15) is 15.9 Å². The Morgan fingerprint density at radius 2 is 1.77 bits per heavy atom. The fourth-order valence-electron chi connectivity index (χ4n) is 2.76. The lowest BCUT2D eigenvalue weighted by Crippen LogP contribution is -2.30. The van der Waals surface area contributed by atoms with Gasteiger partial charge >= 0.3 is 5.97 Å². The van der Waals surface area contributed by atoms with Crippen LogP contribution in [0.15, 0.2) is 48.5 Å². The Hall–Kier alpha value is -3.79. The molecule has 1 aromatic heterocycles. The summed E-state index contributed by atoms with van der Waals surface area (Å²) >= 11 is 5.27. The predicted molar refractivity (Wildman–Crippen MR) is 117 cm³/mol. The van der Waals surface area contributed by atoms with Gasteiger partial charge in [-0.15, -0.1) is 0 Å². The average Bonchev–Trinajstić information content (AvgIpc) is 3.12. The number of carbonyl (C=O) groups excluding carboxylic acids is 3. The number of aromatic nitrogens is 3. The molecule has 31 heavy (non-hydrogen) atoms. The summed E-state index contributed by atoms with van der Waals surface area (Å²) in [6.45, 7) is 1.74. The molecular weight excluding hydrogens is 418 g/mol. The van der Waals surface area contributed by atoms with Gasteiger partial charge in [-0.1, -0.05) is 29.8 Å². The molecule has 1 heterocycles. The van der Waals surface area contributed by atoms with Crippen molar-refractivity contribution in [1.82, 2.24) is 20.1 Å². The number of esters is 1. The lowest BCUT2D eigenvalue weighted by atomic mass is 10.1. The second kappa shape index (κ2) is 9.81. The van der Waals surface area contributed by atoms with Crippen molar-refractivity contribution in [2.75, 3.05) is 19.0 Å². The molecule has 2 aromatic carbocycles. The van der Waals surface area contributed by atoms with E-state index in [0.717, 1.165) is 11.1 Å². The Balaban J connectivity index is 1.65. The van der Waals surface area contributed by atoms with E-state index in [4.69, 9.17) is 12.2 Å². The molecule has 0 aliphatic heterocycles. The summed E-state index contributed by atoms with van der Waals surface area (Å²) in [5.41, 5.74) is 2.82. The standard InChI is InChI=1S/C21H21N5O4S/c1-13-3-5-14(6-4-13)19-24-25-21(31)26(19)12-17(27)23-16-9-7-15(8-10-16)20(29)22-11-18(28)30-2/h3-10H,11-12H2,1-2H3,(H,22,29)(H,23,27)(H,25,31). The van der Waals surface area contributed by atoms with Gasteiger partial charge in [0.2, 0.25) is 5.91 Å². The molecule has 160 valence electrons. The zero-order valence-corrected chi connectivity index (χ0v) is 17.8. The fraction of sp³-hybridized carbons (Fsp3) is 0.190. The van der Waals surface area contributed by atoms with E-state index < -0.39 is 11.9 Å². The first-order valence-corrected chi connectivity index (χ1v) is 9.75. The Kier molecular flexibility index (Phi) is 6.93. The van der Waals surface area contributed by atoms with Crippen LogP contribution in [0.2, 0.25) is 0 Å². The number of hydrogen-bond donors (Lipinski definition) is 3. The zero-order chi connectivity index (χ0) is 22.4. The van der Waals surface area contributed by atoms with Gasteiger partial charge in [-0.3, -0.25) is 24.0 Å². The number of amides is 2. The van der Waals surface area contributed by atoms with E-state index in [1.165, 1.54) is 7.11 Å². The van der Waals surface area contributed by atoms with Crippen LogP contribution in [0.3, 0.4) is 0 Å². The van der Waals surface area contributed by atoms with Crippen LogP contribution in [0.4, 0.5) is 5.69 Å². The van der Waals surface area contributed by atoms with E-state index in [1.54, 1.807) is 28.8 Å². The highest BCUT2D eigenvalue weighted by Gasteiger charge is 2.13. The van der Waals surface area contributed by atoms with Gasteiger partial charge in [0.25, 0.3) is 5.91 Å². The van der Waals surface area contributed by atoms with Gasteiger partial charge in [0.05, 0.1) is 7.11 Å². The number of hydrogen-bond acceptors (Lipinski definition) is 6. The van der Waals surface area contributed by atoms with Gasteiger partial charge in [0, 0.05) is 16.8 Å². The maximum atomic E-state index is 12.5. The summed E-state index contributed by atoms with van der Waals surface area (Å²) in [5.74, 6) is -0.692. The van der Waals surface area contributed by atoms with Crippen molar-refractivity contribution < 1.29 is 19.1 Å². The van der Waals surface area contributed by atoms with E-state index in [2.05, 4.69) is 25.6 Å². The first kappa shape index (κ1) is 21.9. The van der Waals surface area contributed by atoms with Crippen LogP contribution < -0.4 is 10.6 Å². The highest BCUT2D eigenvalue weighted by molar-refractivity contribution is 7.71. The summed E-state index contributed by atoms with van der Waals surface area (Å²) in [4.78, 5) is 35.7. The third-order valence-corrected chi connectivity index (χ3v) is 4.73. The van der Waals surface area contributed by atoms with Gasteiger partial charge in [0.1, 0.15) is 13.1 Å². The summed E-state index contributed by atoms with van der Waals surface area (Å²) < 4.78 is 6.43. The minimum absolute atomic E-state index is 0.0279. The number of ether oxygens (including phenoxy) is 1. The number of rotatable bonds is 7. The third-order valence-electron chi connectivity index (χ3n) is 4.42. The van der Waals surface area contributed by atoms with Gasteiger partial charge in [-0.05, 0) is 43.4 Å². The van der Waals surface area contributed by atoms with Crippen LogP contribution in [0.25, 0.3) is 11.4 Å². The monoisotopic (exact) mass is 439 g/mol. The van der Waals surface area contributed by atoms with Crippen molar-refractivity contribution in [3.63, 3.8) is 0 Å². The van der Waals surface area contributed by atoms with Crippen molar-refractivity contribution in [1.29, 1.82) is 0 Å². The molecule has 0 radical (unpaired) electrons. The van der Waals surface area contributed by atoms with Crippen LogP contribution in [0.5, 0.6) is 0 Å². The van der Waals surface area contributed by atoms with Crippen molar-refractivity contribution in [3.8, 4) is 11.4 Å². The third kappa shape index (κ3) is 5.64. The lowest BCUT2D eigenvalue weighted by Gasteiger charge is -2.09. The Morgan fingerprint density at radius 1 is 1.10 bits per heavy atom. The lowest BCUT2D eigenvalue weighted by molar-refractivity contribution is -0.139. The van der Waals surface area contributed by atoms with Crippen molar-refractivity contribution >= 4 is 35.7 Å². The molecule has 0 spiro atoms. The summed E-state index contributed by atoms with van der Waals surface area (Å²) in [5, 5.41) is 12.2. The molecule has 3 aromatic rings. The van der Waals surface area contributed by atoms with E-state index in [-0.39, 0.29) is 19.0 Å². The van der Waals surface area contributed by atoms with Crippen molar-refractivity contribution in [2.45, 2.75) is 13.5 Å². The largest absolute Gasteiger partial charge is 0.468 e. The van der Waals surface area contributed by atoms with Crippen LogP contribution >= 0.6 is 12.2 Å². The molecule has 0 aliphatic carbocycles. The second-order valence-corrected chi connectivity index (χ2v) is 7.08. The van der Waals surface area contributed by atoms with E-state index in [0.29, 0.717) is 21.8 Å². The Labute approximate surface area is 183 Å². The molecular formula is C21H21N5O4S. The number of nitrogens with one attached hydrogen (secondary N) is 3. The molecule has 0 bridgehead atoms. The first-order chi connectivity index (χ1) is 14.9. The topological polar surface area (TPSA) is 118 Å². The minimum atomic E-state index is -0.542. The maximum absolute atomic E-state index is 12.5. The van der Waals surface area contributed by atoms with E-state index in [9.17, 15) is 14.4 Å². The smallest absolute Gasteiger partial charge is 0.325 e. The van der Waals surface area contributed by atoms with Gasteiger partial charge in [-0.2, -0.15) is 5.10 Å². The number of aromatic amines is 1.